The average Bonchev–Trinajstić information content (AvgIpc) is 3.06. The predicted octanol–water partition coefficient (Wildman–Crippen LogP) is 3.13. The van der Waals surface area contributed by atoms with E-state index in [0.29, 0.717) is 17.3 Å². The summed E-state index contributed by atoms with van der Waals surface area (Å²) in [6, 6.07) is 17.1. The van der Waals surface area contributed by atoms with E-state index < -0.39 is 10.0 Å². The van der Waals surface area contributed by atoms with Gasteiger partial charge in [-0.15, -0.1) is 0 Å². The minimum absolute atomic E-state index is 0.0546. The molecule has 6 nitrogen and oxygen atoms in total. The Balaban J connectivity index is 1.70. The first-order valence-electron chi connectivity index (χ1n) is 7.34. The van der Waals surface area contributed by atoms with Crippen LogP contribution in [0.5, 0.6) is 0 Å². The van der Waals surface area contributed by atoms with E-state index in [4.69, 9.17) is 4.42 Å². The molecule has 0 atom stereocenters. The van der Waals surface area contributed by atoms with Crippen molar-refractivity contribution in [3.63, 3.8) is 0 Å². The molecule has 1 heterocycles. The van der Waals surface area contributed by atoms with Crippen molar-refractivity contribution in [3.05, 3.63) is 66.4 Å². The molecule has 0 radical (unpaired) electrons. The van der Waals surface area contributed by atoms with Gasteiger partial charge in [-0.2, -0.15) is 0 Å². The summed E-state index contributed by atoms with van der Waals surface area (Å²) in [7, 11) is -1.87. The Labute approximate surface area is 140 Å². The SMILES string of the molecule is CNS(=O)(=O)Cc1ccc(Nc2ncc(-c3ccccc3)o2)cc1. The zero-order valence-corrected chi connectivity index (χ0v) is 13.9. The van der Waals surface area contributed by atoms with Crippen molar-refractivity contribution in [2.24, 2.45) is 0 Å². The van der Waals surface area contributed by atoms with Crippen molar-refractivity contribution in [1.82, 2.24) is 9.71 Å². The largest absolute Gasteiger partial charge is 0.423 e. The minimum atomic E-state index is -3.27. The van der Waals surface area contributed by atoms with E-state index >= 15 is 0 Å². The van der Waals surface area contributed by atoms with E-state index in [1.807, 2.05) is 30.3 Å². The second-order valence-electron chi connectivity index (χ2n) is 5.18. The van der Waals surface area contributed by atoms with Crippen LogP contribution in [0.15, 0.2) is 65.2 Å². The van der Waals surface area contributed by atoms with Crippen LogP contribution in [-0.4, -0.2) is 20.4 Å². The number of hydrogen-bond donors (Lipinski definition) is 2. The lowest BCUT2D eigenvalue weighted by Gasteiger charge is -2.05. The fraction of sp³-hybridized carbons (Fsp3) is 0.118. The highest BCUT2D eigenvalue weighted by atomic mass is 32.2. The number of benzene rings is 2. The molecular weight excluding hydrogens is 326 g/mol. The Morgan fingerprint density at radius 1 is 1.04 bits per heavy atom. The van der Waals surface area contributed by atoms with Gasteiger partial charge in [-0.1, -0.05) is 42.5 Å². The molecule has 0 fully saturated rings. The number of aromatic nitrogens is 1. The monoisotopic (exact) mass is 343 g/mol. The highest BCUT2D eigenvalue weighted by molar-refractivity contribution is 7.88. The van der Waals surface area contributed by atoms with E-state index in [9.17, 15) is 8.42 Å². The second kappa shape index (κ2) is 6.86. The maximum Gasteiger partial charge on any atom is 0.299 e. The van der Waals surface area contributed by atoms with Crippen LogP contribution in [0.3, 0.4) is 0 Å². The van der Waals surface area contributed by atoms with E-state index in [1.54, 1.807) is 30.5 Å². The Morgan fingerprint density at radius 2 is 1.75 bits per heavy atom. The summed E-state index contributed by atoms with van der Waals surface area (Å²) >= 11 is 0. The maximum atomic E-state index is 11.5. The van der Waals surface area contributed by atoms with Gasteiger partial charge in [0, 0.05) is 11.3 Å². The van der Waals surface area contributed by atoms with Crippen LogP contribution in [0.2, 0.25) is 0 Å². The first kappa shape index (κ1) is 16.2. The molecule has 1 aromatic heterocycles. The van der Waals surface area contributed by atoms with Crippen LogP contribution in [-0.2, 0) is 15.8 Å². The summed E-state index contributed by atoms with van der Waals surface area (Å²) in [5.74, 6) is 0.621. The second-order valence-corrected chi connectivity index (χ2v) is 7.11. The number of nitrogens with one attached hydrogen (secondary N) is 2. The number of oxazole rings is 1. The standard InChI is InChI=1S/C17H17N3O3S/c1-18-24(21,22)12-13-7-9-15(10-8-13)20-17-19-11-16(23-17)14-5-3-2-4-6-14/h2-11,18H,12H2,1H3,(H,19,20). The zero-order chi connectivity index (χ0) is 17.0. The number of rotatable bonds is 6. The molecule has 0 aliphatic carbocycles. The van der Waals surface area contributed by atoms with Gasteiger partial charge >= 0.3 is 0 Å². The highest BCUT2D eigenvalue weighted by Gasteiger charge is 2.09. The van der Waals surface area contributed by atoms with Crippen molar-refractivity contribution in [2.45, 2.75) is 5.75 Å². The van der Waals surface area contributed by atoms with Gasteiger partial charge in [0.25, 0.3) is 6.01 Å². The third-order valence-corrected chi connectivity index (χ3v) is 4.77. The first-order valence-corrected chi connectivity index (χ1v) is 8.99. The molecule has 0 bridgehead atoms. The Bertz CT molecular complexity index is 904. The number of anilines is 2. The van der Waals surface area contributed by atoms with Crippen molar-refractivity contribution >= 4 is 21.7 Å². The quantitative estimate of drug-likeness (QED) is 0.718. The number of hydrogen-bond acceptors (Lipinski definition) is 5. The first-order chi connectivity index (χ1) is 11.6. The molecule has 7 heteroatoms. The molecule has 0 saturated heterocycles. The molecule has 0 aliphatic rings. The third-order valence-electron chi connectivity index (χ3n) is 3.44. The third kappa shape index (κ3) is 4.01. The van der Waals surface area contributed by atoms with Gasteiger partial charge in [0.2, 0.25) is 10.0 Å². The van der Waals surface area contributed by atoms with Crippen LogP contribution in [0, 0.1) is 0 Å². The van der Waals surface area contributed by atoms with Gasteiger partial charge in [-0.05, 0) is 24.7 Å². The van der Waals surface area contributed by atoms with E-state index in [-0.39, 0.29) is 5.75 Å². The fourth-order valence-corrected chi connectivity index (χ4v) is 2.94. The molecular formula is C17H17N3O3S. The lowest BCUT2D eigenvalue weighted by atomic mass is 10.2. The Morgan fingerprint density at radius 3 is 2.42 bits per heavy atom. The molecule has 2 N–H and O–H groups in total. The number of nitrogens with zero attached hydrogens (tertiary/aromatic N) is 1. The molecule has 124 valence electrons. The van der Waals surface area contributed by atoms with Crippen LogP contribution >= 0.6 is 0 Å². The van der Waals surface area contributed by atoms with Crippen molar-refractivity contribution in [2.75, 3.05) is 12.4 Å². The van der Waals surface area contributed by atoms with E-state index in [0.717, 1.165) is 11.3 Å². The summed E-state index contributed by atoms with van der Waals surface area (Å²) in [6.45, 7) is 0. The fourth-order valence-electron chi connectivity index (χ4n) is 2.17. The van der Waals surface area contributed by atoms with Gasteiger partial charge < -0.3 is 9.73 Å². The van der Waals surface area contributed by atoms with Crippen LogP contribution in [0.4, 0.5) is 11.7 Å². The van der Waals surface area contributed by atoms with Crippen LogP contribution in [0.1, 0.15) is 5.56 Å². The lowest BCUT2D eigenvalue weighted by Crippen LogP contribution is -2.20. The average molecular weight is 343 g/mol. The summed E-state index contributed by atoms with van der Waals surface area (Å²) in [5, 5.41) is 3.06. The summed E-state index contributed by atoms with van der Waals surface area (Å²) in [6.07, 6.45) is 1.66. The zero-order valence-electron chi connectivity index (χ0n) is 13.1. The molecule has 2 aromatic carbocycles. The maximum absolute atomic E-state index is 11.5. The van der Waals surface area contributed by atoms with Crippen LogP contribution < -0.4 is 10.0 Å². The Hall–Kier alpha value is -2.64. The lowest BCUT2D eigenvalue weighted by molar-refractivity contribution is 0.587. The van der Waals surface area contributed by atoms with Crippen molar-refractivity contribution < 1.29 is 12.8 Å². The molecule has 24 heavy (non-hydrogen) atoms. The van der Waals surface area contributed by atoms with E-state index in [1.165, 1.54) is 7.05 Å². The Kier molecular flexibility index (Phi) is 4.64. The highest BCUT2D eigenvalue weighted by Crippen LogP contribution is 2.24. The molecule has 0 unspecified atom stereocenters. The van der Waals surface area contributed by atoms with E-state index in [2.05, 4.69) is 15.0 Å². The van der Waals surface area contributed by atoms with Crippen molar-refractivity contribution in [1.29, 1.82) is 0 Å². The van der Waals surface area contributed by atoms with Gasteiger partial charge in [0.1, 0.15) is 0 Å². The van der Waals surface area contributed by atoms with Crippen LogP contribution in [0.25, 0.3) is 11.3 Å². The van der Waals surface area contributed by atoms with Gasteiger partial charge in [0.15, 0.2) is 5.76 Å². The smallest absolute Gasteiger partial charge is 0.299 e. The normalized spacial score (nSPS) is 11.4. The van der Waals surface area contributed by atoms with Gasteiger partial charge in [0.05, 0.1) is 11.9 Å². The molecule has 0 aliphatic heterocycles. The summed E-state index contributed by atoms with van der Waals surface area (Å²) in [4.78, 5) is 4.20. The molecule has 0 spiro atoms. The summed E-state index contributed by atoms with van der Waals surface area (Å²) < 4.78 is 31.0. The number of sulfonamides is 1. The minimum Gasteiger partial charge on any atom is -0.423 e. The molecule has 3 aromatic rings. The molecule has 3 rings (SSSR count). The summed E-state index contributed by atoms with van der Waals surface area (Å²) in [5.41, 5.74) is 2.42. The van der Waals surface area contributed by atoms with Gasteiger partial charge in [-0.3, -0.25) is 0 Å². The van der Waals surface area contributed by atoms with Gasteiger partial charge in [-0.25, -0.2) is 18.1 Å². The topological polar surface area (TPSA) is 84.2 Å². The predicted molar refractivity (Wildman–Crippen MR) is 93.3 cm³/mol. The van der Waals surface area contributed by atoms with Crippen molar-refractivity contribution in [3.8, 4) is 11.3 Å². The molecule has 0 amide bonds. The molecule has 0 saturated carbocycles.